The first-order valence-electron chi connectivity index (χ1n) is 6.97. The highest BCUT2D eigenvalue weighted by atomic mass is 16.4. The van der Waals surface area contributed by atoms with Gasteiger partial charge in [-0.3, -0.25) is 0 Å². The Bertz CT molecular complexity index is 492. The van der Waals surface area contributed by atoms with Crippen molar-refractivity contribution in [2.45, 2.75) is 58.5 Å². The number of benzene rings is 1. The largest absolute Gasteiger partial charge is 0.411 e. The molecule has 0 bridgehead atoms. The summed E-state index contributed by atoms with van der Waals surface area (Å²) in [6.45, 7) is 11.4. The first-order chi connectivity index (χ1) is 8.86. The maximum atomic E-state index is 8.67. The van der Waals surface area contributed by atoms with Crippen LogP contribution in [0.25, 0.3) is 0 Å². The van der Waals surface area contributed by atoms with E-state index in [0.29, 0.717) is 12.0 Å². The average molecular weight is 260 g/mol. The molecule has 1 atom stereocenters. The maximum absolute atomic E-state index is 8.67. The summed E-state index contributed by atoms with van der Waals surface area (Å²) in [6.07, 6.45) is 2.63. The van der Waals surface area contributed by atoms with Crippen molar-refractivity contribution in [2.24, 2.45) is 5.16 Å². The number of fused-ring (bicyclic) bond motifs is 1. The number of oxime groups is 1. The monoisotopic (exact) mass is 260 g/mol. The Labute approximate surface area is 115 Å². The molecule has 104 valence electrons. The van der Waals surface area contributed by atoms with E-state index in [4.69, 9.17) is 5.21 Å². The van der Waals surface area contributed by atoms with Crippen LogP contribution < -0.4 is 4.90 Å². The lowest BCUT2D eigenvalue weighted by Gasteiger charge is -2.50. The molecular formula is C16H24N2O. The van der Waals surface area contributed by atoms with Crippen molar-refractivity contribution in [3.63, 3.8) is 0 Å². The second kappa shape index (κ2) is 4.87. The summed E-state index contributed by atoms with van der Waals surface area (Å²) in [6, 6.07) is 6.79. The Morgan fingerprint density at radius 1 is 1.42 bits per heavy atom. The summed E-state index contributed by atoms with van der Waals surface area (Å²) in [5.74, 6) is 0.520. The lowest BCUT2D eigenvalue weighted by molar-refractivity contribution is 0.322. The van der Waals surface area contributed by atoms with E-state index in [1.165, 1.54) is 17.5 Å². The molecule has 0 aliphatic carbocycles. The molecule has 1 aliphatic rings. The number of nitrogens with zero attached hydrogens (tertiary/aromatic N) is 2. The van der Waals surface area contributed by atoms with Gasteiger partial charge in [0.1, 0.15) is 0 Å². The van der Waals surface area contributed by atoms with Gasteiger partial charge in [0.25, 0.3) is 0 Å². The quantitative estimate of drug-likeness (QED) is 0.495. The van der Waals surface area contributed by atoms with E-state index in [2.05, 4.69) is 56.8 Å². The Morgan fingerprint density at radius 3 is 2.68 bits per heavy atom. The van der Waals surface area contributed by atoms with E-state index in [0.717, 1.165) is 12.0 Å². The van der Waals surface area contributed by atoms with Crippen molar-refractivity contribution in [2.75, 3.05) is 4.90 Å². The van der Waals surface area contributed by atoms with Crippen LogP contribution in [-0.2, 0) is 0 Å². The fourth-order valence-corrected chi connectivity index (χ4v) is 3.59. The van der Waals surface area contributed by atoms with Gasteiger partial charge in [0.2, 0.25) is 0 Å². The second-order valence-corrected chi connectivity index (χ2v) is 6.44. The zero-order valence-corrected chi connectivity index (χ0v) is 12.5. The first kappa shape index (κ1) is 13.9. The predicted molar refractivity (Wildman–Crippen MR) is 80.5 cm³/mol. The summed E-state index contributed by atoms with van der Waals surface area (Å²) >= 11 is 0. The van der Waals surface area contributed by atoms with Crippen molar-refractivity contribution >= 4 is 11.9 Å². The summed E-state index contributed by atoms with van der Waals surface area (Å²) < 4.78 is 0. The predicted octanol–water partition coefficient (Wildman–Crippen LogP) is 4.00. The van der Waals surface area contributed by atoms with Gasteiger partial charge in [-0.2, -0.15) is 0 Å². The van der Waals surface area contributed by atoms with Crippen molar-refractivity contribution < 1.29 is 5.21 Å². The van der Waals surface area contributed by atoms with E-state index >= 15 is 0 Å². The van der Waals surface area contributed by atoms with E-state index in [9.17, 15) is 0 Å². The van der Waals surface area contributed by atoms with Gasteiger partial charge in [0.05, 0.1) is 6.21 Å². The van der Waals surface area contributed by atoms with Crippen LogP contribution in [0.3, 0.4) is 0 Å². The lowest BCUT2D eigenvalue weighted by atomic mass is 9.79. The number of hydrogen-bond acceptors (Lipinski definition) is 3. The van der Waals surface area contributed by atoms with E-state index < -0.39 is 0 Å². The summed E-state index contributed by atoms with van der Waals surface area (Å²) in [5.41, 5.74) is 3.79. The molecule has 0 amide bonds. The molecule has 0 saturated heterocycles. The molecule has 0 spiro atoms. The molecule has 3 nitrogen and oxygen atoms in total. The Hall–Kier alpha value is -1.51. The summed E-state index contributed by atoms with van der Waals surface area (Å²) in [4.78, 5) is 2.50. The zero-order chi connectivity index (χ0) is 14.2. The highest BCUT2D eigenvalue weighted by Crippen LogP contribution is 2.44. The van der Waals surface area contributed by atoms with Crippen molar-refractivity contribution in [3.8, 4) is 0 Å². The summed E-state index contributed by atoms with van der Waals surface area (Å²) in [5, 5.41) is 11.8. The van der Waals surface area contributed by atoms with Crippen molar-refractivity contribution in [1.82, 2.24) is 0 Å². The zero-order valence-electron chi connectivity index (χ0n) is 12.5. The second-order valence-electron chi connectivity index (χ2n) is 6.44. The fraction of sp³-hybridized carbons (Fsp3) is 0.562. The molecule has 0 radical (unpaired) electrons. The molecule has 0 unspecified atom stereocenters. The van der Waals surface area contributed by atoms with Crippen LogP contribution in [0.1, 0.15) is 58.1 Å². The number of anilines is 1. The Kier molecular flexibility index (Phi) is 3.57. The molecule has 1 heterocycles. The Balaban J connectivity index is 2.55. The fourth-order valence-electron chi connectivity index (χ4n) is 3.59. The number of hydrogen-bond donors (Lipinski definition) is 1. The number of rotatable bonds is 2. The van der Waals surface area contributed by atoms with Crippen LogP contribution in [0.15, 0.2) is 23.4 Å². The van der Waals surface area contributed by atoms with E-state index in [1.807, 2.05) is 6.07 Å². The third-order valence-electron chi connectivity index (χ3n) is 4.02. The van der Waals surface area contributed by atoms with E-state index in [1.54, 1.807) is 0 Å². The van der Waals surface area contributed by atoms with Crippen LogP contribution in [0, 0.1) is 0 Å². The molecule has 3 heteroatoms. The molecule has 0 aromatic heterocycles. The van der Waals surface area contributed by atoms with Crippen molar-refractivity contribution in [1.29, 1.82) is 0 Å². The van der Waals surface area contributed by atoms with Crippen LogP contribution in [0.4, 0.5) is 5.69 Å². The minimum Gasteiger partial charge on any atom is -0.411 e. The summed E-state index contributed by atoms with van der Waals surface area (Å²) in [7, 11) is 0. The molecule has 1 aromatic rings. The molecule has 0 fully saturated rings. The molecule has 1 aromatic carbocycles. The van der Waals surface area contributed by atoms with Gasteiger partial charge in [-0.15, -0.1) is 0 Å². The highest BCUT2D eigenvalue weighted by Gasteiger charge is 2.37. The van der Waals surface area contributed by atoms with E-state index in [-0.39, 0.29) is 5.54 Å². The van der Waals surface area contributed by atoms with Crippen LogP contribution >= 0.6 is 0 Å². The van der Waals surface area contributed by atoms with Crippen LogP contribution in [0.2, 0.25) is 0 Å². The van der Waals surface area contributed by atoms with Gasteiger partial charge >= 0.3 is 0 Å². The molecule has 1 N–H and O–H groups in total. The van der Waals surface area contributed by atoms with Gasteiger partial charge in [-0.1, -0.05) is 18.1 Å². The first-order valence-corrected chi connectivity index (χ1v) is 6.97. The lowest BCUT2D eigenvalue weighted by Crippen LogP contribution is -2.51. The average Bonchev–Trinajstić information content (AvgIpc) is 2.28. The normalized spacial score (nSPS) is 22.0. The third-order valence-corrected chi connectivity index (χ3v) is 4.02. The molecule has 1 aliphatic heterocycles. The van der Waals surface area contributed by atoms with Gasteiger partial charge in [0.15, 0.2) is 0 Å². The molecule has 0 saturated carbocycles. The standard InChI is InChI=1S/C16H24N2O/c1-11(2)18-15-7-6-13(10-17-19)8-14(15)12(3)9-16(18,4)5/h6-8,10-12,19H,9H2,1-5H3/b17-10+/t12-/m0/s1. The molecule has 2 rings (SSSR count). The maximum Gasteiger partial charge on any atom is 0.0733 e. The van der Waals surface area contributed by atoms with Gasteiger partial charge in [-0.25, -0.2) is 0 Å². The highest BCUT2D eigenvalue weighted by molar-refractivity contribution is 5.81. The van der Waals surface area contributed by atoms with Crippen LogP contribution in [0.5, 0.6) is 0 Å². The molecular weight excluding hydrogens is 236 g/mol. The van der Waals surface area contributed by atoms with Crippen molar-refractivity contribution in [3.05, 3.63) is 29.3 Å². The van der Waals surface area contributed by atoms with Gasteiger partial charge < -0.3 is 10.1 Å². The van der Waals surface area contributed by atoms with Crippen LogP contribution in [-0.4, -0.2) is 23.0 Å². The SMILES string of the molecule is CC(C)N1c2ccc(/C=N/O)cc2[C@@H](C)CC1(C)C. The smallest absolute Gasteiger partial charge is 0.0733 e. The molecule has 19 heavy (non-hydrogen) atoms. The topological polar surface area (TPSA) is 35.8 Å². The minimum absolute atomic E-state index is 0.174. The van der Waals surface area contributed by atoms with Gasteiger partial charge in [-0.05, 0) is 63.3 Å². The Morgan fingerprint density at radius 2 is 2.11 bits per heavy atom. The third kappa shape index (κ3) is 2.46. The van der Waals surface area contributed by atoms with Gasteiger partial charge in [0, 0.05) is 17.3 Å². The minimum atomic E-state index is 0.174.